The smallest absolute Gasteiger partial charge is 0.134 e. The monoisotopic (exact) mass is 341 g/mol. The van der Waals surface area contributed by atoms with Gasteiger partial charge in [-0.1, -0.05) is 15.9 Å². The third-order valence-corrected chi connectivity index (χ3v) is 4.35. The molecule has 0 bridgehead atoms. The highest BCUT2D eigenvalue weighted by Gasteiger charge is 2.13. The van der Waals surface area contributed by atoms with E-state index >= 15 is 0 Å². The number of nitrogens with one attached hydrogen (secondary N) is 1. The van der Waals surface area contributed by atoms with E-state index in [0.717, 1.165) is 21.2 Å². The summed E-state index contributed by atoms with van der Waals surface area (Å²) in [7, 11) is 0. The Kier molecular flexibility index (Phi) is 5.37. The van der Waals surface area contributed by atoms with Gasteiger partial charge in [0.05, 0.1) is 6.04 Å². The largest absolute Gasteiger partial charge is 0.459 e. The fourth-order valence-corrected chi connectivity index (χ4v) is 3.10. The van der Waals surface area contributed by atoms with Crippen LogP contribution < -0.4 is 5.32 Å². The number of fused-ring (bicyclic) bond motifs is 1. The number of halogens is 1. The lowest BCUT2D eigenvalue weighted by molar-refractivity contribution is 0.407. The zero-order valence-electron chi connectivity index (χ0n) is 11.6. The summed E-state index contributed by atoms with van der Waals surface area (Å²) in [6.07, 6.45) is 3.32. The number of furan rings is 1. The highest BCUT2D eigenvalue weighted by molar-refractivity contribution is 9.10. The molecule has 0 aliphatic carbocycles. The molecule has 104 valence electrons. The molecule has 1 N–H and O–H groups in total. The first-order valence-corrected chi connectivity index (χ1v) is 8.73. The molecule has 2 atom stereocenters. The van der Waals surface area contributed by atoms with Gasteiger partial charge in [-0.3, -0.25) is 0 Å². The Morgan fingerprint density at radius 2 is 2.11 bits per heavy atom. The predicted molar refractivity (Wildman–Crippen MR) is 87.9 cm³/mol. The summed E-state index contributed by atoms with van der Waals surface area (Å²) in [5.74, 6) is 2.19. The fraction of sp³-hybridized carbons (Fsp3) is 0.467. The summed E-state index contributed by atoms with van der Waals surface area (Å²) in [4.78, 5) is 0. The molecule has 1 heterocycles. The molecule has 1 aromatic heterocycles. The molecule has 0 spiro atoms. The molecule has 2 aromatic rings. The summed E-state index contributed by atoms with van der Waals surface area (Å²) >= 11 is 5.38. The lowest BCUT2D eigenvalue weighted by atomic mass is 10.2. The van der Waals surface area contributed by atoms with Gasteiger partial charge >= 0.3 is 0 Å². The first kappa shape index (κ1) is 14.9. The average Bonchev–Trinajstić information content (AvgIpc) is 2.79. The van der Waals surface area contributed by atoms with Crippen LogP contribution in [0.4, 0.5) is 0 Å². The Morgan fingerprint density at radius 1 is 1.32 bits per heavy atom. The van der Waals surface area contributed by atoms with Crippen LogP contribution in [-0.2, 0) is 0 Å². The molecule has 4 heteroatoms. The van der Waals surface area contributed by atoms with Gasteiger partial charge in [0.2, 0.25) is 0 Å². The second-order valence-electron chi connectivity index (χ2n) is 4.90. The topological polar surface area (TPSA) is 25.2 Å². The summed E-state index contributed by atoms with van der Waals surface area (Å²) in [5.41, 5.74) is 0.948. The second kappa shape index (κ2) is 6.82. The molecular weight excluding hydrogens is 322 g/mol. The van der Waals surface area contributed by atoms with Crippen LogP contribution >= 0.6 is 27.7 Å². The molecule has 2 nitrogen and oxygen atoms in total. The van der Waals surface area contributed by atoms with Crippen LogP contribution in [0.1, 0.15) is 32.1 Å². The van der Waals surface area contributed by atoms with Gasteiger partial charge < -0.3 is 9.73 Å². The Hall–Kier alpha value is -0.450. The van der Waals surface area contributed by atoms with Crippen LogP contribution in [0.5, 0.6) is 0 Å². The molecular formula is C15H20BrNOS. The van der Waals surface area contributed by atoms with E-state index in [4.69, 9.17) is 4.42 Å². The van der Waals surface area contributed by atoms with E-state index < -0.39 is 0 Å². The first-order chi connectivity index (χ1) is 9.10. The number of hydrogen-bond donors (Lipinski definition) is 1. The SMILES string of the molecule is CSCCC(C)NC(C)c1cc2cc(Br)ccc2o1. The quantitative estimate of drug-likeness (QED) is 0.801. The Morgan fingerprint density at radius 3 is 2.84 bits per heavy atom. The summed E-state index contributed by atoms with van der Waals surface area (Å²) < 4.78 is 6.99. The van der Waals surface area contributed by atoms with Crippen LogP contribution in [0, 0.1) is 0 Å². The van der Waals surface area contributed by atoms with E-state index in [9.17, 15) is 0 Å². The highest BCUT2D eigenvalue weighted by Crippen LogP contribution is 2.26. The maximum atomic E-state index is 5.90. The van der Waals surface area contributed by atoms with Crippen molar-refractivity contribution in [2.75, 3.05) is 12.0 Å². The Balaban J connectivity index is 2.06. The zero-order valence-corrected chi connectivity index (χ0v) is 14.0. The van der Waals surface area contributed by atoms with E-state index in [0.29, 0.717) is 6.04 Å². The summed E-state index contributed by atoms with van der Waals surface area (Å²) in [6.45, 7) is 4.38. The van der Waals surface area contributed by atoms with Crippen molar-refractivity contribution < 1.29 is 4.42 Å². The minimum atomic E-state index is 0.239. The summed E-state index contributed by atoms with van der Waals surface area (Å²) in [6, 6.07) is 8.97. The predicted octanol–water partition coefficient (Wildman–Crippen LogP) is 4.99. The highest BCUT2D eigenvalue weighted by atomic mass is 79.9. The van der Waals surface area contributed by atoms with E-state index in [-0.39, 0.29) is 6.04 Å². The third kappa shape index (κ3) is 4.01. The van der Waals surface area contributed by atoms with Crippen LogP contribution in [0.25, 0.3) is 11.0 Å². The molecule has 19 heavy (non-hydrogen) atoms. The number of rotatable bonds is 6. The van der Waals surface area contributed by atoms with Gasteiger partial charge in [0.15, 0.2) is 0 Å². The van der Waals surface area contributed by atoms with Crippen molar-refractivity contribution in [1.29, 1.82) is 0 Å². The van der Waals surface area contributed by atoms with Crippen LogP contribution in [-0.4, -0.2) is 18.1 Å². The van der Waals surface area contributed by atoms with Gasteiger partial charge in [0.1, 0.15) is 11.3 Å². The number of thioether (sulfide) groups is 1. The van der Waals surface area contributed by atoms with E-state index in [1.165, 1.54) is 12.2 Å². The normalized spacial score (nSPS) is 14.7. The molecule has 2 rings (SSSR count). The minimum Gasteiger partial charge on any atom is -0.459 e. The first-order valence-electron chi connectivity index (χ1n) is 6.54. The maximum Gasteiger partial charge on any atom is 0.134 e. The molecule has 0 amide bonds. The van der Waals surface area contributed by atoms with Crippen molar-refractivity contribution >= 4 is 38.7 Å². The van der Waals surface area contributed by atoms with Gasteiger partial charge in [-0.05, 0) is 56.5 Å². The van der Waals surface area contributed by atoms with Crippen molar-refractivity contribution in [2.45, 2.75) is 32.4 Å². The van der Waals surface area contributed by atoms with Gasteiger partial charge in [-0.25, -0.2) is 0 Å². The molecule has 0 radical (unpaired) electrons. The average molecular weight is 342 g/mol. The maximum absolute atomic E-state index is 5.90. The number of benzene rings is 1. The lowest BCUT2D eigenvalue weighted by Gasteiger charge is -2.17. The molecule has 0 saturated carbocycles. The van der Waals surface area contributed by atoms with Crippen LogP contribution in [0.2, 0.25) is 0 Å². The molecule has 1 aromatic carbocycles. The minimum absolute atomic E-state index is 0.239. The van der Waals surface area contributed by atoms with E-state index in [1.54, 1.807) is 0 Å². The van der Waals surface area contributed by atoms with Gasteiger partial charge in [0, 0.05) is 15.9 Å². The third-order valence-electron chi connectivity index (χ3n) is 3.21. The second-order valence-corrected chi connectivity index (χ2v) is 6.80. The molecule has 0 saturated heterocycles. The zero-order chi connectivity index (χ0) is 13.8. The van der Waals surface area contributed by atoms with Crippen molar-refractivity contribution in [2.24, 2.45) is 0 Å². The Labute approximate surface area is 127 Å². The van der Waals surface area contributed by atoms with E-state index in [2.05, 4.69) is 53.5 Å². The van der Waals surface area contributed by atoms with Crippen molar-refractivity contribution in [3.63, 3.8) is 0 Å². The molecule has 0 aliphatic heterocycles. The molecule has 0 aliphatic rings. The molecule has 2 unspecified atom stereocenters. The Bertz CT molecular complexity index is 540. The standard InChI is InChI=1S/C15H20BrNOS/c1-10(6-7-19-3)17-11(2)15-9-12-8-13(16)4-5-14(12)18-15/h4-5,8-11,17H,6-7H2,1-3H3. The summed E-state index contributed by atoms with van der Waals surface area (Å²) in [5, 5.41) is 4.74. The molecule has 0 fully saturated rings. The van der Waals surface area contributed by atoms with E-state index in [1.807, 2.05) is 23.9 Å². The van der Waals surface area contributed by atoms with Gasteiger partial charge in [-0.15, -0.1) is 0 Å². The van der Waals surface area contributed by atoms with Gasteiger partial charge in [0.25, 0.3) is 0 Å². The van der Waals surface area contributed by atoms with Crippen molar-refractivity contribution in [3.05, 3.63) is 34.5 Å². The van der Waals surface area contributed by atoms with Crippen LogP contribution in [0.15, 0.2) is 33.2 Å². The van der Waals surface area contributed by atoms with Crippen molar-refractivity contribution in [1.82, 2.24) is 5.32 Å². The number of hydrogen-bond acceptors (Lipinski definition) is 3. The lowest BCUT2D eigenvalue weighted by Crippen LogP contribution is -2.29. The van der Waals surface area contributed by atoms with Crippen molar-refractivity contribution in [3.8, 4) is 0 Å². The van der Waals surface area contributed by atoms with Gasteiger partial charge in [-0.2, -0.15) is 11.8 Å². The fourth-order valence-electron chi connectivity index (χ4n) is 2.14. The van der Waals surface area contributed by atoms with Crippen LogP contribution in [0.3, 0.4) is 0 Å².